The Morgan fingerprint density at radius 1 is 1.35 bits per heavy atom. The van der Waals surface area contributed by atoms with Gasteiger partial charge in [-0.3, -0.25) is 15.0 Å². The van der Waals surface area contributed by atoms with Crippen molar-refractivity contribution >= 4 is 11.9 Å². The van der Waals surface area contributed by atoms with Crippen LogP contribution < -0.4 is 5.32 Å². The summed E-state index contributed by atoms with van der Waals surface area (Å²) in [5.74, 6) is -0.197. The molecule has 1 heterocycles. The first-order valence-corrected chi connectivity index (χ1v) is 7.96. The molecular formula is C17H25N3O3. The van der Waals surface area contributed by atoms with E-state index in [0.717, 1.165) is 44.8 Å². The minimum Gasteiger partial charge on any atom is -0.468 e. The molecule has 23 heavy (non-hydrogen) atoms. The molecule has 0 radical (unpaired) electrons. The molecular weight excluding hydrogens is 294 g/mol. The third-order valence-electron chi connectivity index (χ3n) is 3.80. The molecule has 1 aliphatic rings. The second-order valence-corrected chi connectivity index (χ2v) is 5.47. The maximum absolute atomic E-state index is 12.2. The fourth-order valence-corrected chi connectivity index (χ4v) is 2.45. The van der Waals surface area contributed by atoms with E-state index >= 15 is 0 Å². The lowest BCUT2D eigenvalue weighted by atomic mass is 10.1. The van der Waals surface area contributed by atoms with E-state index in [1.165, 1.54) is 7.11 Å². The maximum Gasteiger partial charge on any atom is 0.291 e. The number of amidine groups is 1. The number of carbonyl (C=O) groups excluding carboxylic acids is 1. The van der Waals surface area contributed by atoms with E-state index in [9.17, 15) is 4.79 Å². The highest BCUT2D eigenvalue weighted by molar-refractivity contribution is 6.04. The Kier molecular flexibility index (Phi) is 7.03. The number of amides is 1. The molecule has 1 fully saturated rings. The highest BCUT2D eigenvalue weighted by Gasteiger charge is 2.12. The first-order chi connectivity index (χ1) is 11.2. The quantitative estimate of drug-likeness (QED) is 0.507. The van der Waals surface area contributed by atoms with Crippen molar-refractivity contribution in [1.82, 2.24) is 10.2 Å². The summed E-state index contributed by atoms with van der Waals surface area (Å²) in [7, 11) is 1.51. The number of aliphatic imine (C=N–C) groups is 1. The average Bonchev–Trinajstić information content (AvgIpc) is 2.58. The lowest BCUT2D eigenvalue weighted by molar-refractivity contribution is 0.0377. The fraction of sp³-hybridized carbons (Fsp3) is 0.529. The summed E-state index contributed by atoms with van der Waals surface area (Å²) >= 11 is 0. The molecule has 0 bridgehead atoms. The summed E-state index contributed by atoms with van der Waals surface area (Å²) in [6.45, 7) is 7.07. The summed E-state index contributed by atoms with van der Waals surface area (Å²) in [6, 6.07) is 7.70. The number of nitrogens with zero attached hydrogens (tertiary/aromatic N) is 2. The predicted molar refractivity (Wildman–Crippen MR) is 89.8 cm³/mol. The van der Waals surface area contributed by atoms with Gasteiger partial charge in [0.2, 0.25) is 0 Å². The van der Waals surface area contributed by atoms with Crippen LogP contribution in [0.2, 0.25) is 0 Å². The lowest BCUT2D eigenvalue weighted by Gasteiger charge is -2.26. The summed E-state index contributed by atoms with van der Waals surface area (Å²) in [5.41, 5.74) is 1.55. The van der Waals surface area contributed by atoms with Crippen molar-refractivity contribution < 1.29 is 14.3 Å². The molecule has 6 nitrogen and oxygen atoms in total. The second kappa shape index (κ2) is 9.27. The van der Waals surface area contributed by atoms with Crippen molar-refractivity contribution in [3.05, 3.63) is 35.4 Å². The molecule has 1 aromatic carbocycles. The number of hydrogen-bond donors (Lipinski definition) is 1. The van der Waals surface area contributed by atoms with E-state index < -0.39 is 0 Å². The van der Waals surface area contributed by atoms with Crippen molar-refractivity contribution in [2.24, 2.45) is 4.99 Å². The number of benzene rings is 1. The lowest BCUT2D eigenvalue weighted by Crippen LogP contribution is -2.37. The second-order valence-electron chi connectivity index (χ2n) is 5.47. The molecule has 1 saturated heterocycles. The molecule has 0 saturated carbocycles. The molecule has 0 unspecified atom stereocenters. The van der Waals surface area contributed by atoms with E-state index in [-0.39, 0.29) is 11.9 Å². The van der Waals surface area contributed by atoms with Crippen LogP contribution in [-0.2, 0) is 9.47 Å². The van der Waals surface area contributed by atoms with E-state index in [2.05, 4.69) is 15.2 Å². The fourth-order valence-electron chi connectivity index (χ4n) is 2.45. The highest BCUT2D eigenvalue weighted by atomic mass is 16.5. The maximum atomic E-state index is 12.2. The normalized spacial score (nSPS) is 16.2. The van der Waals surface area contributed by atoms with Gasteiger partial charge < -0.3 is 9.47 Å². The number of aryl methyl sites for hydroxylation is 1. The molecule has 2 rings (SSSR count). The van der Waals surface area contributed by atoms with E-state index in [0.29, 0.717) is 12.1 Å². The zero-order chi connectivity index (χ0) is 16.5. The van der Waals surface area contributed by atoms with Gasteiger partial charge in [0, 0.05) is 31.7 Å². The molecule has 6 heteroatoms. The van der Waals surface area contributed by atoms with Crippen LogP contribution in [0.25, 0.3) is 0 Å². The van der Waals surface area contributed by atoms with E-state index in [1.807, 2.05) is 25.1 Å². The van der Waals surface area contributed by atoms with Gasteiger partial charge >= 0.3 is 0 Å². The van der Waals surface area contributed by atoms with Crippen LogP contribution in [0.15, 0.2) is 29.3 Å². The monoisotopic (exact) mass is 319 g/mol. The molecule has 126 valence electrons. The summed E-state index contributed by atoms with van der Waals surface area (Å²) < 4.78 is 10.5. The zero-order valence-corrected chi connectivity index (χ0v) is 13.9. The molecule has 1 aromatic rings. The van der Waals surface area contributed by atoms with Crippen LogP contribution in [0.1, 0.15) is 22.3 Å². The standard InChI is InChI=1S/C17H25N3O3/c1-14-6-3-4-7-15(14)16(21)19-17(22-2)18-8-5-9-20-10-12-23-13-11-20/h3-4,6-7H,5,8-13H2,1-2H3,(H,18,19,21). The topological polar surface area (TPSA) is 63.2 Å². The number of methoxy groups -OCH3 is 1. The van der Waals surface area contributed by atoms with Gasteiger partial charge in [0.1, 0.15) is 0 Å². The molecule has 1 aliphatic heterocycles. The van der Waals surface area contributed by atoms with Crippen LogP contribution in [0.5, 0.6) is 0 Å². The molecule has 0 aromatic heterocycles. The predicted octanol–water partition coefficient (Wildman–Crippen LogP) is 1.45. The smallest absolute Gasteiger partial charge is 0.291 e. The van der Waals surface area contributed by atoms with E-state index in [1.54, 1.807) is 6.07 Å². The molecule has 0 spiro atoms. The number of carbonyl (C=O) groups is 1. The average molecular weight is 319 g/mol. The molecule has 1 N–H and O–H groups in total. The Labute approximate surface area is 137 Å². The zero-order valence-electron chi connectivity index (χ0n) is 13.9. The first-order valence-electron chi connectivity index (χ1n) is 7.96. The van der Waals surface area contributed by atoms with Crippen molar-refractivity contribution in [2.75, 3.05) is 46.5 Å². The van der Waals surface area contributed by atoms with Gasteiger partial charge in [-0.05, 0) is 25.0 Å². The Morgan fingerprint density at radius 3 is 2.78 bits per heavy atom. The molecule has 0 atom stereocenters. The Balaban J connectivity index is 1.79. The summed E-state index contributed by atoms with van der Waals surface area (Å²) in [5, 5.41) is 2.72. The van der Waals surface area contributed by atoms with Gasteiger partial charge in [-0.2, -0.15) is 0 Å². The number of ether oxygens (including phenoxy) is 2. The minimum atomic E-state index is -0.197. The van der Waals surface area contributed by atoms with Crippen LogP contribution in [0.4, 0.5) is 0 Å². The van der Waals surface area contributed by atoms with Crippen LogP contribution in [0, 0.1) is 6.92 Å². The SMILES string of the molecule is COC(=NCCCN1CCOCC1)NC(=O)c1ccccc1C. The van der Waals surface area contributed by atoms with Crippen molar-refractivity contribution in [3.63, 3.8) is 0 Å². The van der Waals surface area contributed by atoms with Crippen LogP contribution >= 0.6 is 0 Å². The number of nitrogens with one attached hydrogen (secondary N) is 1. The van der Waals surface area contributed by atoms with Gasteiger partial charge in [-0.25, -0.2) is 4.99 Å². The minimum absolute atomic E-state index is 0.197. The third-order valence-corrected chi connectivity index (χ3v) is 3.80. The van der Waals surface area contributed by atoms with Gasteiger partial charge in [0.05, 0.1) is 20.3 Å². The van der Waals surface area contributed by atoms with Crippen molar-refractivity contribution in [1.29, 1.82) is 0 Å². The Morgan fingerprint density at radius 2 is 2.09 bits per heavy atom. The third kappa shape index (κ3) is 5.65. The number of morpholine rings is 1. The van der Waals surface area contributed by atoms with Gasteiger partial charge in [-0.1, -0.05) is 18.2 Å². The largest absolute Gasteiger partial charge is 0.468 e. The van der Waals surface area contributed by atoms with Crippen LogP contribution in [-0.4, -0.2) is 63.3 Å². The summed E-state index contributed by atoms with van der Waals surface area (Å²) in [4.78, 5) is 18.9. The molecule has 1 amide bonds. The van der Waals surface area contributed by atoms with Crippen molar-refractivity contribution in [3.8, 4) is 0 Å². The Bertz CT molecular complexity index is 540. The van der Waals surface area contributed by atoms with Crippen molar-refractivity contribution in [2.45, 2.75) is 13.3 Å². The first kappa shape index (κ1) is 17.4. The summed E-state index contributed by atoms with van der Waals surface area (Å²) in [6.07, 6.45) is 0.924. The van der Waals surface area contributed by atoms with Gasteiger partial charge in [0.15, 0.2) is 0 Å². The number of hydrogen-bond acceptors (Lipinski definition) is 5. The Hall–Kier alpha value is -1.92. The molecule has 0 aliphatic carbocycles. The van der Waals surface area contributed by atoms with Gasteiger partial charge in [0.25, 0.3) is 11.9 Å². The van der Waals surface area contributed by atoms with Gasteiger partial charge in [-0.15, -0.1) is 0 Å². The highest BCUT2D eigenvalue weighted by Crippen LogP contribution is 2.06. The number of rotatable bonds is 5. The van der Waals surface area contributed by atoms with Crippen LogP contribution in [0.3, 0.4) is 0 Å². The van der Waals surface area contributed by atoms with E-state index in [4.69, 9.17) is 9.47 Å².